The summed E-state index contributed by atoms with van der Waals surface area (Å²) in [6.07, 6.45) is -0.947. The van der Waals surface area contributed by atoms with Crippen LogP contribution in [0, 0.1) is 0 Å². The third-order valence-corrected chi connectivity index (χ3v) is 6.50. The molecular weight excluding hydrogens is 467 g/mol. The first-order chi connectivity index (χ1) is 17.4. The van der Waals surface area contributed by atoms with Gasteiger partial charge in [0.1, 0.15) is 17.3 Å². The maximum absolute atomic E-state index is 12.8. The summed E-state index contributed by atoms with van der Waals surface area (Å²) in [6.45, 7) is 1.62. The van der Waals surface area contributed by atoms with Gasteiger partial charge in [0.25, 0.3) is 0 Å². The summed E-state index contributed by atoms with van der Waals surface area (Å²) in [6, 6.07) is 24.9. The number of fused-ring (bicyclic) bond motifs is 1. The van der Waals surface area contributed by atoms with Crippen molar-refractivity contribution in [1.29, 1.82) is 0 Å². The largest absolute Gasteiger partial charge is 0.573 e. The highest BCUT2D eigenvalue weighted by atomic mass is 19.4. The molecule has 1 atom stereocenters. The van der Waals surface area contributed by atoms with Gasteiger partial charge in [0, 0.05) is 37.0 Å². The minimum Gasteiger partial charge on any atom is -0.496 e. The molecule has 1 unspecified atom stereocenters. The molecule has 0 radical (unpaired) electrons. The summed E-state index contributed by atoms with van der Waals surface area (Å²) in [5, 5.41) is 0. The zero-order chi connectivity index (χ0) is 25.1. The molecule has 1 aliphatic rings. The Labute approximate surface area is 207 Å². The van der Waals surface area contributed by atoms with Crippen molar-refractivity contribution < 1.29 is 22.6 Å². The van der Waals surface area contributed by atoms with Crippen molar-refractivity contribution in [2.45, 2.75) is 31.4 Å². The fourth-order valence-electron chi connectivity index (χ4n) is 5.05. The van der Waals surface area contributed by atoms with E-state index < -0.39 is 6.36 Å². The van der Waals surface area contributed by atoms with Crippen LogP contribution in [0.1, 0.15) is 34.5 Å². The lowest BCUT2D eigenvalue weighted by Gasteiger charge is -2.39. The third kappa shape index (κ3) is 5.23. The second-order valence-electron chi connectivity index (χ2n) is 8.81. The first kappa shape index (κ1) is 23.9. The normalized spacial score (nSPS) is 16.1. The minimum absolute atomic E-state index is 0.0293. The number of halogens is 3. The highest BCUT2D eigenvalue weighted by Crippen LogP contribution is 2.39. The van der Waals surface area contributed by atoms with Crippen molar-refractivity contribution in [3.8, 4) is 11.5 Å². The van der Waals surface area contributed by atoms with Crippen LogP contribution >= 0.6 is 0 Å². The number of alkyl halides is 3. The molecule has 0 saturated carbocycles. The van der Waals surface area contributed by atoms with Crippen LogP contribution in [-0.2, 0) is 13.1 Å². The summed E-state index contributed by atoms with van der Waals surface area (Å²) in [7, 11) is 1.51. The average molecular weight is 494 g/mol. The van der Waals surface area contributed by atoms with Crippen molar-refractivity contribution in [3.05, 3.63) is 114 Å². The van der Waals surface area contributed by atoms with Crippen molar-refractivity contribution in [1.82, 2.24) is 14.5 Å². The monoisotopic (exact) mass is 493 g/mol. The molecule has 1 aliphatic heterocycles. The number of hydrogen-bond donors (Lipinski definition) is 0. The summed E-state index contributed by atoms with van der Waals surface area (Å²) in [5.41, 5.74) is 3.00. The van der Waals surface area contributed by atoms with Crippen LogP contribution in [0.4, 0.5) is 13.2 Å². The van der Waals surface area contributed by atoms with Crippen molar-refractivity contribution in [3.63, 3.8) is 0 Å². The van der Waals surface area contributed by atoms with Crippen LogP contribution in [0.15, 0.2) is 91.3 Å². The lowest BCUT2D eigenvalue weighted by atomic mass is 9.84. The molecule has 36 heavy (non-hydrogen) atoms. The van der Waals surface area contributed by atoms with Crippen LogP contribution in [0.3, 0.4) is 0 Å². The van der Waals surface area contributed by atoms with Crippen LogP contribution in [0.25, 0.3) is 0 Å². The number of imidazole rings is 1. The maximum Gasteiger partial charge on any atom is 0.573 e. The summed E-state index contributed by atoms with van der Waals surface area (Å²) in [5.74, 6) is 1.21. The molecule has 3 aromatic carbocycles. The van der Waals surface area contributed by atoms with E-state index in [1.54, 1.807) is 6.20 Å². The number of ether oxygens (including phenoxy) is 2. The number of methoxy groups -OCH3 is 1. The van der Waals surface area contributed by atoms with Gasteiger partial charge in [0.2, 0.25) is 0 Å². The molecule has 4 aromatic rings. The summed E-state index contributed by atoms with van der Waals surface area (Å²) in [4.78, 5) is 6.79. The molecule has 2 heterocycles. The van der Waals surface area contributed by atoms with Crippen molar-refractivity contribution >= 4 is 0 Å². The molecule has 0 saturated heterocycles. The van der Waals surface area contributed by atoms with Crippen LogP contribution < -0.4 is 9.47 Å². The Morgan fingerprint density at radius 1 is 0.972 bits per heavy atom. The van der Waals surface area contributed by atoms with Gasteiger partial charge in [-0.2, -0.15) is 0 Å². The number of aromatic nitrogens is 2. The first-order valence-electron chi connectivity index (χ1n) is 11.7. The Morgan fingerprint density at radius 3 is 2.25 bits per heavy atom. The van der Waals surface area contributed by atoms with E-state index in [2.05, 4.69) is 43.5 Å². The van der Waals surface area contributed by atoms with Crippen LogP contribution in [0.5, 0.6) is 11.5 Å². The molecular formula is C28H26F3N3O2. The molecule has 0 N–H and O–H groups in total. The van der Waals surface area contributed by atoms with E-state index in [0.29, 0.717) is 30.9 Å². The zero-order valence-electron chi connectivity index (χ0n) is 19.7. The van der Waals surface area contributed by atoms with Gasteiger partial charge in [0.05, 0.1) is 19.7 Å². The Kier molecular flexibility index (Phi) is 6.69. The zero-order valence-corrected chi connectivity index (χ0v) is 19.7. The van der Waals surface area contributed by atoms with Gasteiger partial charge in [-0.3, -0.25) is 4.90 Å². The van der Waals surface area contributed by atoms with E-state index in [0.717, 1.165) is 5.82 Å². The van der Waals surface area contributed by atoms with Crippen LogP contribution in [0.2, 0.25) is 0 Å². The molecule has 186 valence electrons. The van der Waals surface area contributed by atoms with Gasteiger partial charge in [-0.25, -0.2) is 4.98 Å². The predicted octanol–water partition coefficient (Wildman–Crippen LogP) is 6.18. The van der Waals surface area contributed by atoms with Gasteiger partial charge in [-0.05, 0) is 29.3 Å². The Bertz CT molecular complexity index is 1250. The molecule has 8 heteroatoms. The fraction of sp³-hybridized carbons (Fsp3) is 0.250. The number of rotatable bonds is 7. The number of nitrogens with zero attached hydrogens (tertiary/aromatic N) is 3. The predicted molar refractivity (Wildman–Crippen MR) is 130 cm³/mol. The lowest BCUT2D eigenvalue weighted by Crippen LogP contribution is -2.39. The quantitative estimate of drug-likeness (QED) is 0.308. The average Bonchev–Trinajstić information content (AvgIpc) is 3.34. The topological polar surface area (TPSA) is 39.5 Å². The van der Waals surface area contributed by atoms with Gasteiger partial charge >= 0.3 is 6.36 Å². The van der Waals surface area contributed by atoms with Crippen molar-refractivity contribution in [2.75, 3.05) is 13.7 Å². The molecule has 5 nitrogen and oxygen atoms in total. The molecule has 0 bridgehead atoms. The molecule has 1 aromatic heterocycles. The van der Waals surface area contributed by atoms with E-state index in [1.165, 1.54) is 36.4 Å². The third-order valence-electron chi connectivity index (χ3n) is 6.50. The van der Waals surface area contributed by atoms with Gasteiger partial charge in [-0.1, -0.05) is 60.7 Å². The SMILES string of the molecule is COc1ccc(OC(F)(F)F)cc1CN1Cc2nccn2C(C(c2ccccc2)c2ccccc2)C1. The molecule has 0 fully saturated rings. The first-order valence-corrected chi connectivity index (χ1v) is 11.7. The second-order valence-corrected chi connectivity index (χ2v) is 8.81. The van der Waals surface area contributed by atoms with Gasteiger partial charge in [0.15, 0.2) is 0 Å². The standard InChI is InChI=1S/C28H26F3N3O2/c1-35-25-13-12-23(36-28(29,30)31)16-22(25)17-33-18-24(34-15-14-32-26(34)19-33)27(20-8-4-2-5-9-20)21-10-6-3-7-11-21/h2-16,24,27H,17-19H2,1H3. The van der Waals surface area contributed by atoms with E-state index in [4.69, 9.17) is 4.74 Å². The van der Waals surface area contributed by atoms with E-state index in [9.17, 15) is 13.2 Å². The van der Waals surface area contributed by atoms with Crippen LogP contribution in [-0.4, -0.2) is 34.5 Å². The Balaban J connectivity index is 1.49. The fourth-order valence-corrected chi connectivity index (χ4v) is 5.05. The lowest BCUT2D eigenvalue weighted by molar-refractivity contribution is -0.274. The second kappa shape index (κ2) is 10.1. The Hall–Kier alpha value is -3.78. The minimum atomic E-state index is -4.76. The number of hydrogen-bond acceptors (Lipinski definition) is 4. The highest BCUT2D eigenvalue weighted by molar-refractivity contribution is 5.41. The Morgan fingerprint density at radius 2 is 1.64 bits per heavy atom. The summed E-state index contributed by atoms with van der Waals surface area (Å²) < 4.78 is 50.3. The van der Waals surface area contributed by atoms with E-state index >= 15 is 0 Å². The maximum atomic E-state index is 12.8. The summed E-state index contributed by atoms with van der Waals surface area (Å²) >= 11 is 0. The molecule has 5 rings (SSSR count). The van der Waals surface area contributed by atoms with E-state index in [1.807, 2.05) is 42.6 Å². The number of benzene rings is 3. The smallest absolute Gasteiger partial charge is 0.496 e. The van der Waals surface area contributed by atoms with E-state index in [-0.39, 0.29) is 17.7 Å². The van der Waals surface area contributed by atoms with Crippen molar-refractivity contribution in [2.24, 2.45) is 0 Å². The highest BCUT2D eigenvalue weighted by Gasteiger charge is 2.34. The van der Waals surface area contributed by atoms with Gasteiger partial charge in [-0.15, -0.1) is 13.2 Å². The molecule has 0 spiro atoms. The molecule has 0 amide bonds. The van der Waals surface area contributed by atoms with Gasteiger partial charge < -0.3 is 14.0 Å². The molecule has 0 aliphatic carbocycles.